The van der Waals surface area contributed by atoms with Crippen LogP contribution in [0.25, 0.3) is 0 Å². The zero-order chi connectivity index (χ0) is 8.10. The fourth-order valence-corrected chi connectivity index (χ4v) is 1.58. The molecule has 1 heterocycles. The minimum absolute atomic E-state index is 1.21. The highest BCUT2D eigenvalue weighted by molar-refractivity contribution is 5.14. The summed E-state index contributed by atoms with van der Waals surface area (Å²) in [6.07, 6.45) is 8.16. The van der Waals surface area contributed by atoms with Crippen LogP contribution in [0, 0.1) is 0 Å². The molecular weight excluding hydrogens is 134 g/mol. The van der Waals surface area contributed by atoms with E-state index in [1.54, 1.807) is 0 Å². The maximum atomic E-state index is 3.80. The van der Waals surface area contributed by atoms with Gasteiger partial charge in [0.1, 0.15) is 0 Å². The maximum Gasteiger partial charge on any atom is 0.0316 e. The standard InChI is InChI=1S/C10H17N/c1-3-10(4-2)11-8-6-5-7-9-11/h3-4H,1,5-9H2,2H3/b10-4+. The van der Waals surface area contributed by atoms with Crippen molar-refractivity contribution in [3.63, 3.8) is 0 Å². The summed E-state index contributed by atoms with van der Waals surface area (Å²) in [4.78, 5) is 2.41. The van der Waals surface area contributed by atoms with Crippen LogP contribution >= 0.6 is 0 Å². The molecule has 1 heteroatoms. The minimum Gasteiger partial charge on any atom is -0.372 e. The summed E-state index contributed by atoms with van der Waals surface area (Å²) in [6, 6.07) is 0. The highest BCUT2D eigenvalue weighted by atomic mass is 15.1. The van der Waals surface area contributed by atoms with Gasteiger partial charge < -0.3 is 4.90 Å². The second kappa shape index (κ2) is 4.22. The summed E-state index contributed by atoms with van der Waals surface area (Å²) in [5, 5.41) is 0. The number of allylic oxidation sites excluding steroid dienone is 2. The van der Waals surface area contributed by atoms with E-state index < -0.39 is 0 Å². The van der Waals surface area contributed by atoms with Crippen molar-refractivity contribution in [3.05, 3.63) is 24.4 Å². The molecule has 1 aliphatic heterocycles. The monoisotopic (exact) mass is 151 g/mol. The van der Waals surface area contributed by atoms with Gasteiger partial charge in [0, 0.05) is 18.8 Å². The molecule has 0 spiro atoms. The molecule has 1 fully saturated rings. The lowest BCUT2D eigenvalue weighted by Gasteiger charge is -2.29. The van der Waals surface area contributed by atoms with Gasteiger partial charge in [0.15, 0.2) is 0 Å². The van der Waals surface area contributed by atoms with E-state index in [0.29, 0.717) is 0 Å². The van der Waals surface area contributed by atoms with Gasteiger partial charge in [-0.15, -0.1) is 0 Å². The quantitative estimate of drug-likeness (QED) is 0.548. The van der Waals surface area contributed by atoms with Crippen molar-refractivity contribution in [2.45, 2.75) is 26.2 Å². The molecule has 0 aromatic carbocycles. The van der Waals surface area contributed by atoms with E-state index in [-0.39, 0.29) is 0 Å². The SMILES string of the molecule is C=C/C(=C\C)N1CCCCC1. The van der Waals surface area contributed by atoms with Gasteiger partial charge in [-0.1, -0.05) is 12.7 Å². The Balaban J connectivity index is 2.49. The molecular formula is C10H17N. The molecule has 1 saturated heterocycles. The molecule has 0 atom stereocenters. The normalized spacial score (nSPS) is 20.1. The molecule has 0 saturated carbocycles. The van der Waals surface area contributed by atoms with Gasteiger partial charge >= 0.3 is 0 Å². The number of rotatable bonds is 2. The lowest BCUT2D eigenvalue weighted by Crippen LogP contribution is -2.28. The topological polar surface area (TPSA) is 3.24 Å². The summed E-state index contributed by atoms with van der Waals surface area (Å²) >= 11 is 0. The van der Waals surface area contributed by atoms with E-state index in [0.717, 1.165) is 0 Å². The Labute approximate surface area is 69.4 Å². The van der Waals surface area contributed by atoms with Crippen LogP contribution in [-0.4, -0.2) is 18.0 Å². The lowest BCUT2D eigenvalue weighted by atomic mass is 10.1. The Kier molecular flexibility index (Phi) is 3.21. The van der Waals surface area contributed by atoms with E-state index in [2.05, 4.69) is 24.5 Å². The lowest BCUT2D eigenvalue weighted by molar-refractivity contribution is 0.293. The van der Waals surface area contributed by atoms with Crippen molar-refractivity contribution in [3.8, 4) is 0 Å². The molecule has 0 radical (unpaired) electrons. The van der Waals surface area contributed by atoms with Gasteiger partial charge in [-0.25, -0.2) is 0 Å². The zero-order valence-electron chi connectivity index (χ0n) is 7.34. The first-order valence-electron chi connectivity index (χ1n) is 4.42. The molecule has 0 aliphatic carbocycles. The van der Waals surface area contributed by atoms with Crippen molar-refractivity contribution in [2.75, 3.05) is 13.1 Å². The van der Waals surface area contributed by atoms with Gasteiger partial charge in [0.05, 0.1) is 0 Å². The number of nitrogens with zero attached hydrogens (tertiary/aromatic N) is 1. The summed E-state index contributed by atoms with van der Waals surface area (Å²) < 4.78 is 0. The van der Waals surface area contributed by atoms with E-state index >= 15 is 0 Å². The van der Waals surface area contributed by atoms with Gasteiger partial charge in [0.25, 0.3) is 0 Å². The van der Waals surface area contributed by atoms with Gasteiger partial charge in [-0.2, -0.15) is 0 Å². The number of hydrogen-bond donors (Lipinski definition) is 0. The average Bonchev–Trinajstić information content (AvgIpc) is 2.09. The zero-order valence-corrected chi connectivity index (χ0v) is 7.34. The Hall–Kier alpha value is -0.720. The second-order valence-corrected chi connectivity index (χ2v) is 2.97. The molecule has 62 valence electrons. The fraction of sp³-hybridized carbons (Fsp3) is 0.600. The van der Waals surface area contributed by atoms with Crippen LogP contribution in [0.1, 0.15) is 26.2 Å². The van der Waals surface area contributed by atoms with Crippen molar-refractivity contribution >= 4 is 0 Å². The molecule has 11 heavy (non-hydrogen) atoms. The van der Waals surface area contributed by atoms with E-state index in [4.69, 9.17) is 0 Å². The molecule has 0 aromatic heterocycles. The Morgan fingerprint density at radius 3 is 2.36 bits per heavy atom. The first kappa shape index (κ1) is 8.38. The Morgan fingerprint density at radius 1 is 1.27 bits per heavy atom. The predicted molar refractivity (Wildman–Crippen MR) is 49.4 cm³/mol. The molecule has 0 aromatic rings. The van der Waals surface area contributed by atoms with Crippen molar-refractivity contribution < 1.29 is 0 Å². The third kappa shape index (κ3) is 2.11. The Morgan fingerprint density at radius 2 is 1.91 bits per heavy atom. The Bertz CT molecular complexity index is 152. The van der Waals surface area contributed by atoms with Crippen LogP contribution in [0.3, 0.4) is 0 Å². The molecule has 0 bridgehead atoms. The summed E-state index contributed by atoms with van der Waals surface area (Å²) in [5.41, 5.74) is 1.30. The summed E-state index contributed by atoms with van der Waals surface area (Å²) in [7, 11) is 0. The summed E-state index contributed by atoms with van der Waals surface area (Å²) in [6.45, 7) is 8.30. The first-order valence-corrected chi connectivity index (χ1v) is 4.42. The molecule has 1 aliphatic rings. The number of likely N-dealkylation sites (tertiary alicyclic amines) is 1. The second-order valence-electron chi connectivity index (χ2n) is 2.97. The maximum absolute atomic E-state index is 3.80. The van der Waals surface area contributed by atoms with Crippen LogP contribution in [0.15, 0.2) is 24.4 Å². The molecule has 0 amide bonds. The van der Waals surface area contributed by atoms with E-state index in [1.807, 2.05) is 6.08 Å². The van der Waals surface area contributed by atoms with Gasteiger partial charge in [-0.05, 0) is 32.3 Å². The molecule has 0 N–H and O–H groups in total. The van der Waals surface area contributed by atoms with Crippen LogP contribution in [0.5, 0.6) is 0 Å². The number of piperidine rings is 1. The van der Waals surface area contributed by atoms with Crippen LogP contribution in [0.2, 0.25) is 0 Å². The van der Waals surface area contributed by atoms with Crippen LogP contribution in [0.4, 0.5) is 0 Å². The third-order valence-electron chi connectivity index (χ3n) is 2.23. The highest BCUT2D eigenvalue weighted by Crippen LogP contribution is 2.14. The van der Waals surface area contributed by atoms with Crippen molar-refractivity contribution in [1.82, 2.24) is 4.90 Å². The van der Waals surface area contributed by atoms with Gasteiger partial charge in [0.2, 0.25) is 0 Å². The molecule has 0 unspecified atom stereocenters. The van der Waals surface area contributed by atoms with Crippen LogP contribution in [-0.2, 0) is 0 Å². The van der Waals surface area contributed by atoms with Crippen molar-refractivity contribution in [2.24, 2.45) is 0 Å². The molecule has 1 nitrogen and oxygen atoms in total. The third-order valence-corrected chi connectivity index (χ3v) is 2.23. The predicted octanol–water partition coefficient (Wildman–Crippen LogP) is 2.56. The first-order chi connectivity index (χ1) is 5.38. The van der Waals surface area contributed by atoms with Crippen LogP contribution < -0.4 is 0 Å². The fourth-order valence-electron chi connectivity index (χ4n) is 1.58. The van der Waals surface area contributed by atoms with Crippen molar-refractivity contribution in [1.29, 1.82) is 0 Å². The highest BCUT2D eigenvalue weighted by Gasteiger charge is 2.09. The van der Waals surface area contributed by atoms with E-state index in [1.165, 1.54) is 38.0 Å². The minimum atomic E-state index is 1.21. The van der Waals surface area contributed by atoms with Gasteiger partial charge in [-0.3, -0.25) is 0 Å². The average molecular weight is 151 g/mol. The summed E-state index contributed by atoms with van der Waals surface area (Å²) in [5.74, 6) is 0. The van der Waals surface area contributed by atoms with E-state index in [9.17, 15) is 0 Å². The number of hydrogen-bond acceptors (Lipinski definition) is 1. The molecule has 1 rings (SSSR count). The largest absolute Gasteiger partial charge is 0.372 e. The smallest absolute Gasteiger partial charge is 0.0316 e.